The molecule has 88 valence electrons. The second kappa shape index (κ2) is 6.30. The lowest BCUT2D eigenvalue weighted by atomic mass is 10.1. The number of methoxy groups -OCH3 is 1. The van der Waals surface area contributed by atoms with Crippen molar-refractivity contribution < 1.29 is 9.53 Å². The van der Waals surface area contributed by atoms with E-state index < -0.39 is 5.97 Å². The molecule has 0 N–H and O–H groups in total. The smallest absolute Gasteiger partial charge is 0.356 e. The molecule has 1 aromatic heterocycles. The number of pyridine rings is 1. The molecule has 0 saturated carbocycles. The molecule has 0 aromatic carbocycles. The first-order valence-electron chi connectivity index (χ1n) is 4.91. The molecule has 0 atom stereocenters. The van der Waals surface area contributed by atoms with Crippen LogP contribution in [0.15, 0.2) is 23.5 Å². The predicted molar refractivity (Wildman–Crippen MR) is 63.4 cm³/mol. The number of hydrogen-bond donors (Lipinski definition) is 0. The number of hydrogen-bond acceptors (Lipinski definition) is 4. The molecule has 1 aromatic rings. The molecule has 0 aliphatic carbocycles. The maximum Gasteiger partial charge on any atom is 0.356 e. The minimum Gasteiger partial charge on any atom is -0.464 e. The van der Waals surface area contributed by atoms with Gasteiger partial charge in [0.2, 0.25) is 0 Å². The Bertz CT molecular complexity index is 490. The third kappa shape index (κ3) is 3.62. The average Bonchev–Trinajstić information content (AvgIpc) is 2.34. The first kappa shape index (κ1) is 12.7. The van der Waals surface area contributed by atoms with Gasteiger partial charge in [-0.2, -0.15) is 0 Å². The van der Waals surface area contributed by atoms with E-state index in [9.17, 15) is 4.79 Å². The molecular weight excluding hydrogens is 220 g/mol. The summed E-state index contributed by atoms with van der Waals surface area (Å²) >= 11 is 0. The zero-order chi connectivity index (χ0) is 12.7. The number of azide groups is 1. The summed E-state index contributed by atoms with van der Waals surface area (Å²) in [5.41, 5.74) is 9.97. The van der Waals surface area contributed by atoms with Crippen LogP contribution in [0.4, 0.5) is 0 Å². The Balaban J connectivity index is 2.85. The minimum atomic E-state index is -0.452. The van der Waals surface area contributed by atoms with Crippen molar-refractivity contribution in [2.75, 3.05) is 13.7 Å². The van der Waals surface area contributed by atoms with Gasteiger partial charge < -0.3 is 4.74 Å². The van der Waals surface area contributed by atoms with Crippen molar-refractivity contribution in [3.63, 3.8) is 0 Å². The molecule has 0 aliphatic rings. The molecule has 0 radical (unpaired) electrons. The van der Waals surface area contributed by atoms with Gasteiger partial charge in [-0.05, 0) is 29.6 Å². The summed E-state index contributed by atoms with van der Waals surface area (Å²) < 4.78 is 4.60. The van der Waals surface area contributed by atoms with E-state index in [0.29, 0.717) is 5.69 Å². The standard InChI is InChI=1S/C11H12N4O2/c1-8-6-9(4-3-5-14-15-12)7-13-10(8)11(16)17-2/h3-4,6-7H,5H2,1-2H3. The quantitative estimate of drug-likeness (QED) is 0.346. The molecule has 0 unspecified atom stereocenters. The van der Waals surface area contributed by atoms with Gasteiger partial charge in [-0.25, -0.2) is 9.78 Å². The van der Waals surface area contributed by atoms with Crippen LogP contribution in [0.1, 0.15) is 21.6 Å². The number of ether oxygens (including phenoxy) is 1. The third-order valence-corrected chi connectivity index (χ3v) is 2.04. The van der Waals surface area contributed by atoms with Gasteiger partial charge >= 0.3 is 5.97 Å². The Kier molecular flexibility index (Phi) is 4.72. The lowest BCUT2D eigenvalue weighted by molar-refractivity contribution is 0.0593. The summed E-state index contributed by atoms with van der Waals surface area (Å²) in [5, 5.41) is 3.37. The van der Waals surface area contributed by atoms with Crippen molar-refractivity contribution in [3.8, 4) is 0 Å². The van der Waals surface area contributed by atoms with Gasteiger partial charge in [0.1, 0.15) is 0 Å². The van der Waals surface area contributed by atoms with Crippen LogP contribution in [0.25, 0.3) is 16.5 Å². The molecule has 0 spiro atoms. The number of aromatic nitrogens is 1. The number of esters is 1. The minimum absolute atomic E-state index is 0.286. The molecular formula is C11H12N4O2. The Morgan fingerprint density at radius 2 is 2.47 bits per heavy atom. The summed E-state index contributed by atoms with van der Waals surface area (Å²) in [6, 6.07) is 1.81. The maximum atomic E-state index is 11.3. The molecule has 6 nitrogen and oxygen atoms in total. The van der Waals surface area contributed by atoms with Gasteiger partial charge in [0.25, 0.3) is 0 Å². The van der Waals surface area contributed by atoms with E-state index in [0.717, 1.165) is 11.1 Å². The monoisotopic (exact) mass is 232 g/mol. The summed E-state index contributed by atoms with van der Waals surface area (Å²) in [7, 11) is 1.32. The van der Waals surface area contributed by atoms with E-state index in [2.05, 4.69) is 19.7 Å². The number of aryl methyl sites for hydroxylation is 1. The Hall–Kier alpha value is -2.33. The van der Waals surface area contributed by atoms with E-state index in [1.807, 2.05) is 6.07 Å². The van der Waals surface area contributed by atoms with Crippen LogP contribution in [0.2, 0.25) is 0 Å². The van der Waals surface area contributed by atoms with E-state index in [1.165, 1.54) is 7.11 Å². The fourth-order valence-electron chi connectivity index (χ4n) is 1.27. The summed E-state index contributed by atoms with van der Waals surface area (Å²) in [4.78, 5) is 17.9. The lowest BCUT2D eigenvalue weighted by Gasteiger charge is -2.03. The maximum absolute atomic E-state index is 11.3. The molecule has 1 rings (SSSR count). The van der Waals surface area contributed by atoms with Crippen molar-refractivity contribution >= 4 is 12.0 Å². The first-order chi connectivity index (χ1) is 8.19. The van der Waals surface area contributed by atoms with E-state index >= 15 is 0 Å². The fourth-order valence-corrected chi connectivity index (χ4v) is 1.27. The van der Waals surface area contributed by atoms with Crippen LogP contribution < -0.4 is 0 Å². The van der Waals surface area contributed by atoms with Gasteiger partial charge in [0, 0.05) is 17.7 Å². The largest absolute Gasteiger partial charge is 0.464 e. The zero-order valence-corrected chi connectivity index (χ0v) is 9.62. The van der Waals surface area contributed by atoms with Crippen molar-refractivity contribution in [3.05, 3.63) is 45.6 Å². The highest BCUT2D eigenvalue weighted by atomic mass is 16.5. The SMILES string of the molecule is COC(=O)c1ncc(C=CCN=[N+]=[N-])cc1C. The van der Waals surface area contributed by atoms with Crippen LogP contribution in [-0.2, 0) is 4.74 Å². The highest BCUT2D eigenvalue weighted by Crippen LogP contribution is 2.10. The topological polar surface area (TPSA) is 88.0 Å². The molecule has 0 bridgehead atoms. The van der Waals surface area contributed by atoms with Crippen LogP contribution in [-0.4, -0.2) is 24.6 Å². The predicted octanol–water partition coefficient (Wildman–Crippen LogP) is 2.50. The highest BCUT2D eigenvalue weighted by molar-refractivity contribution is 5.88. The van der Waals surface area contributed by atoms with Gasteiger partial charge in [0.15, 0.2) is 5.69 Å². The van der Waals surface area contributed by atoms with E-state index in [-0.39, 0.29) is 6.54 Å². The normalized spacial score (nSPS) is 10.0. The first-order valence-corrected chi connectivity index (χ1v) is 4.91. The van der Waals surface area contributed by atoms with Crippen LogP contribution in [0, 0.1) is 6.92 Å². The Labute approximate surface area is 98.6 Å². The summed E-state index contributed by atoms with van der Waals surface area (Å²) in [6.45, 7) is 2.07. The molecule has 0 saturated heterocycles. The summed E-state index contributed by atoms with van der Waals surface area (Å²) in [6.07, 6.45) is 5.05. The second-order valence-electron chi connectivity index (χ2n) is 3.24. The zero-order valence-electron chi connectivity index (χ0n) is 9.62. The summed E-state index contributed by atoms with van der Waals surface area (Å²) in [5.74, 6) is -0.452. The van der Waals surface area contributed by atoms with Crippen LogP contribution in [0.3, 0.4) is 0 Å². The van der Waals surface area contributed by atoms with Gasteiger partial charge in [0.05, 0.1) is 7.11 Å². The lowest BCUT2D eigenvalue weighted by Crippen LogP contribution is -2.06. The van der Waals surface area contributed by atoms with Gasteiger partial charge in [-0.15, -0.1) is 0 Å². The molecule has 0 amide bonds. The van der Waals surface area contributed by atoms with Gasteiger partial charge in [-0.1, -0.05) is 17.3 Å². The molecule has 0 fully saturated rings. The number of carbonyl (C=O) groups excluding carboxylic acids is 1. The molecule has 17 heavy (non-hydrogen) atoms. The molecule has 1 heterocycles. The van der Waals surface area contributed by atoms with Gasteiger partial charge in [-0.3, -0.25) is 0 Å². The van der Waals surface area contributed by atoms with Crippen molar-refractivity contribution in [1.29, 1.82) is 0 Å². The van der Waals surface area contributed by atoms with E-state index in [1.54, 1.807) is 25.3 Å². The van der Waals surface area contributed by atoms with Crippen molar-refractivity contribution in [2.24, 2.45) is 5.11 Å². The number of carbonyl (C=O) groups is 1. The molecule has 0 aliphatic heterocycles. The number of rotatable bonds is 4. The highest BCUT2D eigenvalue weighted by Gasteiger charge is 2.10. The fraction of sp³-hybridized carbons (Fsp3) is 0.273. The van der Waals surface area contributed by atoms with Crippen LogP contribution in [0.5, 0.6) is 0 Å². The Morgan fingerprint density at radius 1 is 1.71 bits per heavy atom. The number of nitrogens with zero attached hydrogens (tertiary/aromatic N) is 4. The average molecular weight is 232 g/mol. The Morgan fingerprint density at radius 3 is 3.06 bits per heavy atom. The van der Waals surface area contributed by atoms with Crippen molar-refractivity contribution in [2.45, 2.75) is 6.92 Å². The van der Waals surface area contributed by atoms with Crippen LogP contribution >= 0.6 is 0 Å². The molecule has 6 heteroatoms. The third-order valence-electron chi connectivity index (χ3n) is 2.04. The second-order valence-corrected chi connectivity index (χ2v) is 3.24. The van der Waals surface area contributed by atoms with E-state index in [4.69, 9.17) is 5.53 Å². The van der Waals surface area contributed by atoms with Crippen molar-refractivity contribution in [1.82, 2.24) is 4.98 Å².